The van der Waals surface area contributed by atoms with Crippen LogP contribution < -0.4 is 15.2 Å². The van der Waals surface area contributed by atoms with E-state index in [2.05, 4.69) is 6.92 Å². The maximum absolute atomic E-state index is 6.08. The largest absolute Gasteiger partial charge is 0.490 e. The Balaban J connectivity index is 0.00000242. The van der Waals surface area contributed by atoms with Crippen molar-refractivity contribution in [2.24, 2.45) is 5.73 Å². The Hall–Kier alpha value is -1.71. The van der Waals surface area contributed by atoms with Gasteiger partial charge >= 0.3 is 0 Å². The molecular formula is C18H24ClNO2. The molecule has 3 nitrogen and oxygen atoms in total. The highest BCUT2D eigenvalue weighted by atomic mass is 35.5. The summed E-state index contributed by atoms with van der Waals surface area (Å²) >= 11 is 0. The minimum Gasteiger partial charge on any atom is -0.490 e. The summed E-state index contributed by atoms with van der Waals surface area (Å²) in [6.07, 6.45) is 0.899. The molecule has 22 heavy (non-hydrogen) atoms. The first-order valence-corrected chi connectivity index (χ1v) is 7.43. The number of ether oxygens (including phenoxy) is 2. The predicted molar refractivity (Wildman–Crippen MR) is 92.9 cm³/mol. The molecule has 0 fully saturated rings. The van der Waals surface area contributed by atoms with E-state index < -0.39 is 0 Å². The van der Waals surface area contributed by atoms with E-state index in [9.17, 15) is 0 Å². The highest BCUT2D eigenvalue weighted by Gasteiger charge is 2.10. The third-order valence-electron chi connectivity index (χ3n) is 3.37. The Labute approximate surface area is 138 Å². The van der Waals surface area contributed by atoms with E-state index in [0.29, 0.717) is 13.2 Å². The molecule has 0 saturated carbocycles. The van der Waals surface area contributed by atoms with Crippen molar-refractivity contribution >= 4 is 12.4 Å². The molecule has 0 aliphatic heterocycles. The first-order valence-electron chi connectivity index (χ1n) is 7.43. The van der Waals surface area contributed by atoms with Crippen LogP contribution in [0.5, 0.6) is 11.5 Å². The first kappa shape index (κ1) is 18.3. The van der Waals surface area contributed by atoms with E-state index in [0.717, 1.165) is 29.0 Å². The normalized spacial score (nSPS) is 11.4. The van der Waals surface area contributed by atoms with Crippen LogP contribution in [0.3, 0.4) is 0 Å². The van der Waals surface area contributed by atoms with Gasteiger partial charge in [-0.3, -0.25) is 0 Å². The van der Waals surface area contributed by atoms with Gasteiger partial charge in [0.15, 0.2) is 11.5 Å². The highest BCUT2D eigenvalue weighted by molar-refractivity contribution is 5.85. The van der Waals surface area contributed by atoms with Crippen LogP contribution in [-0.4, -0.2) is 6.61 Å². The minimum atomic E-state index is 0. The summed E-state index contributed by atoms with van der Waals surface area (Å²) in [7, 11) is 0. The second kappa shape index (κ2) is 9.34. The lowest BCUT2D eigenvalue weighted by atomic mass is 10.1. The fourth-order valence-corrected chi connectivity index (χ4v) is 2.11. The average molecular weight is 322 g/mol. The number of nitrogens with two attached hydrogens (primary N) is 1. The monoisotopic (exact) mass is 321 g/mol. The van der Waals surface area contributed by atoms with Crippen LogP contribution >= 0.6 is 12.4 Å². The third-order valence-corrected chi connectivity index (χ3v) is 3.37. The fourth-order valence-electron chi connectivity index (χ4n) is 2.11. The number of hydrogen-bond acceptors (Lipinski definition) is 3. The molecule has 0 heterocycles. The Kier molecular flexibility index (Phi) is 7.78. The van der Waals surface area contributed by atoms with Gasteiger partial charge in [-0.05, 0) is 36.6 Å². The molecular weight excluding hydrogens is 298 g/mol. The molecule has 0 aliphatic rings. The Morgan fingerprint density at radius 1 is 0.955 bits per heavy atom. The van der Waals surface area contributed by atoms with Crippen molar-refractivity contribution in [3.8, 4) is 11.5 Å². The molecule has 0 saturated heterocycles. The van der Waals surface area contributed by atoms with Crippen LogP contribution in [0.25, 0.3) is 0 Å². The van der Waals surface area contributed by atoms with E-state index in [1.54, 1.807) is 0 Å². The molecule has 2 aromatic carbocycles. The van der Waals surface area contributed by atoms with E-state index in [-0.39, 0.29) is 18.4 Å². The van der Waals surface area contributed by atoms with Crippen molar-refractivity contribution < 1.29 is 9.47 Å². The molecule has 0 bridgehead atoms. The summed E-state index contributed by atoms with van der Waals surface area (Å²) in [6, 6.07) is 16.1. The topological polar surface area (TPSA) is 44.5 Å². The zero-order valence-electron chi connectivity index (χ0n) is 13.1. The van der Waals surface area contributed by atoms with Gasteiger partial charge in [-0.25, -0.2) is 0 Å². The Morgan fingerprint density at radius 2 is 1.68 bits per heavy atom. The first-order chi connectivity index (χ1) is 10.2. The lowest BCUT2D eigenvalue weighted by Crippen LogP contribution is -2.09. The third kappa shape index (κ3) is 4.93. The van der Waals surface area contributed by atoms with Crippen LogP contribution in [0.2, 0.25) is 0 Å². The summed E-state index contributed by atoms with van der Waals surface area (Å²) in [5, 5.41) is 0. The predicted octanol–water partition coefficient (Wildman–Crippen LogP) is 4.50. The standard InChI is InChI=1S/C18H23NO2.ClH/c1-3-16(19)15-10-11-17(18(12-15)20-4-2)21-13-14-8-6-5-7-9-14;/h5-12,16H,3-4,13,19H2,1-2H3;1H/t16-;/m1./s1. The van der Waals surface area contributed by atoms with E-state index in [4.69, 9.17) is 15.2 Å². The summed E-state index contributed by atoms with van der Waals surface area (Å²) in [5.41, 5.74) is 8.29. The number of benzene rings is 2. The molecule has 0 amide bonds. The number of rotatable bonds is 7. The van der Waals surface area contributed by atoms with Crippen molar-refractivity contribution in [1.82, 2.24) is 0 Å². The maximum Gasteiger partial charge on any atom is 0.161 e. The summed E-state index contributed by atoms with van der Waals surface area (Å²) in [5.74, 6) is 1.52. The Bertz CT molecular complexity index is 560. The van der Waals surface area contributed by atoms with Gasteiger partial charge in [-0.15, -0.1) is 12.4 Å². The maximum atomic E-state index is 6.08. The van der Waals surface area contributed by atoms with Gasteiger partial charge in [0, 0.05) is 6.04 Å². The van der Waals surface area contributed by atoms with Crippen molar-refractivity contribution in [3.05, 3.63) is 59.7 Å². The number of hydrogen-bond donors (Lipinski definition) is 1. The van der Waals surface area contributed by atoms with Gasteiger partial charge < -0.3 is 15.2 Å². The van der Waals surface area contributed by atoms with Crippen LogP contribution in [-0.2, 0) is 6.61 Å². The molecule has 0 aromatic heterocycles. The van der Waals surface area contributed by atoms with Gasteiger partial charge in [0.05, 0.1) is 6.61 Å². The van der Waals surface area contributed by atoms with Gasteiger partial charge in [0.1, 0.15) is 6.61 Å². The van der Waals surface area contributed by atoms with Crippen LogP contribution in [0.4, 0.5) is 0 Å². The molecule has 0 spiro atoms. The summed E-state index contributed by atoms with van der Waals surface area (Å²) < 4.78 is 11.6. The molecule has 2 N–H and O–H groups in total. The van der Waals surface area contributed by atoms with Crippen molar-refractivity contribution in [2.75, 3.05) is 6.61 Å². The molecule has 2 aromatic rings. The lowest BCUT2D eigenvalue weighted by Gasteiger charge is -2.16. The molecule has 0 radical (unpaired) electrons. The van der Waals surface area contributed by atoms with Crippen molar-refractivity contribution in [1.29, 1.82) is 0 Å². The zero-order valence-corrected chi connectivity index (χ0v) is 13.9. The zero-order chi connectivity index (χ0) is 15.1. The van der Waals surface area contributed by atoms with Crippen LogP contribution in [0.1, 0.15) is 37.4 Å². The molecule has 2 rings (SSSR count). The SMILES string of the molecule is CCOc1cc([C@H](N)CC)ccc1OCc1ccccc1.Cl. The van der Waals surface area contributed by atoms with Crippen LogP contribution in [0.15, 0.2) is 48.5 Å². The summed E-state index contributed by atoms with van der Waals surface area (Å²) in [6.45, 7) is 5.17. The second-order valence-corrected chi connectivity index (χ2v) is 4.93. The molecule has 0 aliphatic carbocycles. The smallest absolute Gasteiger partial charge is 0.161 e. The van der Waals surface area contributed by atoms with Gasteiger partial charge in [-0.2, -0.15) is 0 Å². The Morgan fingerprint density at radius 3 is 2.32 bits per heavy atom. The lowest BCUT2D eigenvalue weighted by molar-refractivity contribution is 0.269. The van der Waals surface area contributed by atoms with Crippen molar-refractivity contribution in [3.63, 3.8) is 0 Å². The van der Waals surface area contributed by atoms with Gasteiger partial charge in [-0.1, -0.05) is 43.3 Å². The molecule has 1 atom stereocenters. The van der Waals surface area contributed by atoms with E-state index in [1.807, 2.05) is 55.5 Å². The highest BCUT2D eigenvalue weighted by Crippen LogP contribution is 2.31. The average Bonchev–Trinajstić information content (AvgIpc) is 2.54. The summed E-state index contributed by atoms with van der Waals surface area (Å²) in [4.78, 5) is 0. The van der Waals surface area contributed by atoms with Crippen molar-refractivity contribution in [2.45, 2.75) is 32.9 Å². The van der Waals surface area contributed by atoms with Crippen LogP contribution in [0, 0.1) is 0 Å². The minimum absolute atomic E-state index is 0. The molecule has 120 valence electrons. The van der Waals surface area contributed by atoms with Gasteiger partial charge in [0.2, 0.25) is 0 Å². The van der Waals surface area contributed by atoms with E-state index in [1.165, 1.54) is 0 Å². The van der Waals surface area contributed by atoms with E-state index >= 15 is 0 Å². The molecule has 0 unspecified atom stereocenters. The second-order valence-electron chi connectivity index (χ2n) is 4.93. The number of halogens is 1. The molecule has 4 heteroatoms. The quantitative estimate of drug-likeness (QED) is 0.816. The van der Waals surface area contributed by atoms with Gasteiger partial charge in [0.25, 0.3) is 0 Å². The fraction of sp³-hybridized carbons (Fsp3) is 0.333.